The Morgan fingerprint density at radius 1 is 1.42 bits per heavy atom. The molecule has 98 valence electrons. The summed E-state index contributed by atoms with van der Waals surface area (Å²) < 4.78 is 3.05. The SMILES string of the molecule is Cc1nn(CCCC#N)c2ccc(Br)cc12.O=C=O. The third-order valence-electron chi connectivity index (χ3n) is 2.56. The van der Waals surface area contributed by atoms with Gasteiger partial charge in [0.05, 0.1) is 17.3 Å². The highest BCUT2D eigenvalue weighted by molar-refractivity contribution is 9.10. The van der Waals surface area contributed by atoms with Gasteiger partial charge in [-0.05, 0) is 31.5 Å². The predicted octanol–water partition coefficient (Wildman–Crippen LogP) is 2.83. The van der Waals surface area contributed by atoms with Gasteiger partial charge in [-0.25, -0.2) is 0 Å². The molecule has 0 saturated carbocycles. The number of unbranched alkanes of at least 4 members (excludes halogenated alkanes) is 1. The molecule has 1 aromatic carbocycles. The van der Waals surface area contributed by atoms with Gasteiger partial charge in [-0.1, -0.05) is 15.9 Å². The zero-order valence-electron chi connectivity index (χ0n) is 10.4. The van der Waals surface area contributed by atoms with Gasteiger partial charge < -0.3 is 0 Å². The molecule has 0 aliphatic rings. The van der Waals surface area contributed by atoms with Crippen molar-refractivity contribution in [3.05, 3.63) is 28.4 Å². The molecule has 1 aromatic heterocycles. The first-order valence-corrected chi connectivity index (χ1v) is 6.42. The Hall–Kier alpha value is -1.96. The molecule has 2 aromatic rings. The Kier molecular flexibility index (Phi) is 5.94. The lowest BCUT2D eigenvalue weighted by molar-refractivity contribution is -0.191. The van der Waals surface area contributed by atoms with Crippen LogP contribution >= 0.6 is 15.9 Å². The number of hydrogen-bond donors (Lipinski definition) is 0. The van der Waals surface area contributed by atoms with Crippen LogP contribution < -0.4 is 0 Å². The maximum absolute atomic E-state index is 8.51. The molecule has 0 N–H and O–H groups in total. The maximum Gasteiger partial charge on any atom is 0.373 e. The monoisotopic (exact) mass is 321 g/mol. The molecule has 0 fully saturated rings. The number of halogens is 1. The number of nitrogens with zero attached hydrogens (tertiary/aromatic N) is 3. The molecule has 0 radical (unpaired) electrons. The van der Waals surface area contributed by atoms with E-state index in [0.717, 1.165) is 28.6 Å². The minimum atomic E-state index is 0.250. The van der Waals surface area contributed by atoms with E-state index in [9.17, 15) is 0 Å². The molecule has 0 amide bonds. The predicted molar refractivity (Wildman–Crippen MR) is 72.0 cm³/mol. The fraction of sp³-hybridized carbons (Fsp3) is 0.308. The maximum atomic E-state index is 8.51. The van der Waals surface area contributed by atoms with Crippen molar-refractivity contribution in [2.45, 2.75) is 26.3 Å². The Bertz CT molecular complexity index is 637. The van der Waals surface area contributed by atoms with Gasteiger partial charge in [0.2, 0.25) is 0 Å². The second-order valence-corrected chi connectivity index (χ2v) is 4.73. The van der Waals surface area contributed by atoms with E-state index in [-0.39, 0.29) is 6.15 Å². The van der Waals surface area contributed by atoms with E-state index in [1.165, 1.54) is 5.39 Å². The number of fused-ring (bicyclic) bond motifs is 1. The first-order valence-electron chi connectivity index (χ1n) is 5.63. The molecular formula is C13H12BrN3O2. The zero-order valence-corrected chi connectivity index (χ0v) is 12.0. The van der Waals surface area contributed by atoms with Crippen LogP contribution in [0.2, 0.25) is 0 Å². The summed E-state index contributed by atoms with van der Waals surface area (Å²) in [5.74, 6) is 0. The number of rotatable bonds is 3. The van der Waals surface area contributed by atoms with Crippen LogP contribution in [-0.2, 0) is 16.1 Å². The number of benzene rings is 1. The molecule has 19 heavy (non-hydrogen) atoms. The van der Waals surface area contributed by atoms with Crippen LogP contribution in [0.4, 0.5) is 0 Å². The number of aromatic nitrogens is 2. The molecule has 2 rings (SSSR count). The van der Waals surface area contributed by atoms with Gasteiger partial charge in [-0.3, -0.25) is 4.68 Å². The quantitative estimate of drug-likeness (QED) is 0.814. The van der Waals surface area contributed by atoms with Crippen molar-refractivity contribution in [3.63, 3.8) is 0 Å². The molecule has 0 spiro atoms. The van der Waals surface area contributed by atoms with E-state index in [1.807, 2.05) is 17.7 Å². The average molecular weight is 322 g/mol. The smallest absolute Gasteiger partial charge is 0.265 e. The van der Waals surface area contributed by atoms with Crippen LogP contribution in [-0.4, -0.2) is 15.9 Å². The first kappa shape index (κ1) is 15.1. The Labute approximate surface area is 118 Å². The number of aryl methyl sites for hydroxylation is 2. The molecule has 5 nitrogen and oxygen atoms in total. The summed E-state index contributed by atoms with van der Waals surface area (Å²) in [6.07, 6.45) is 1.68. The molecule has 6 heteroatoms. The fourth-order valence-corrected chi connectivity index (χ4v) is 2.15. The van der Waals surface area contributed by atoms with Gasteiger partial charge in [0.25, 0.3) is 0 Å². The van der Waals surface area contributed by atoms with Gasteiger partial charge >= 0.3 is 6.15 Å². The van der Waals surface area contributed by atoms with Crippen LogP contribution in [0.15, 0.2) is 22.7 Å². The highest BCUT2D eigenvalue weighted by atomic mass is 79.9. The van der Waals surface area contributed by atoms with Gasteiger partial charge in [-0.2, -0.15) is 19.9 Å². The lowest BCUT2D eigenvalue weighted by Gasteiger charge is -2.00. The molecule has 0 unspecified atom stereocenters. The minimum Gasteiger partial charge on any atom is -0.265 e. The van der Waals surface area contributed by atoms with Crippen molar-refractivity contribution in [1.82, 2.24) is 9.78 Å². The topological polar surface area (TPSA) is 75.8 Å². The number of carbonyl (C=O) groups excluding carboxylic acids is 2. The van der Waals surface area contributed by atoms with Gasteiger partial charge in [0.15, 0.2) is 0 Å². The summed E-state index contributed by atoms with van der Waals surface area (Å²) in [6, 6.07) is 8.31. The van der Waals surface area contributed by atoms with Gasteiger partial charge in [-0.15, -0.1) is 0 Å². The molecular weight excluding hydrogens is 310 g/mol. The molecule has 0 aliphatic heterocycles. The second kappa shape index (κ2) is 7.47. The minimum absolute atomic E-state index is 0.250. The zero-order chi connectivity index (χ0) is 14.3. The lowest BCUT2D eigenvalue weighted by Crippen LogP contribution is -1.99. The Morgan fingerprint density at radius 2 is 2.11 bits per heavy atom. The molecule has 0 bridgehead atoms. The van der Waals surface area contributed by atoms with Crippen molar-refractivity contribution in [2.24, 2.45) is 0 Å². The standard InChI is InChI=1S/C12H12BrN3.CO2/c1-9-11-8-10(13)4-5-12(11)16(15-9)7-3-2-6-14;2-1-3/h4-5,8H,2-3,7H2,1H3;. The van der Waals surface area contributed by atoms with E-state index in [0.29, 0.717) is 6.42 Å². The highest BCUT2D eigenvalue weighted by Gasteiger charge is 2.06. The molecule has 1 heterocycles. The van der Waals surface area contributed by atoms with Crippen molar-refractivity contribution in [1.29, 1.82) is 5.26 Å². The van der Waals surface area contributed by atoms with E-state index >= 15 is 0 Å². The second-order valence-electron chi connectivity index (χ2n) is 3.82. The lowest BCUT2D eigenvalue weighted by atomic mass is 10.2. The fourth-order valence-electron chi connectivity index (χ4n) is 1.79. The highest BCUT2D eigenvalue weighted by Crippen LogP contribution is 2.22. The van der Waals surface area contributed by atoms with E-state index in [4.69, 9.17) is 14.9 Å². The summed E-state index contributed by atoms with van der Waals surface area (Å²) in [5, 5.41) is 14.2. The molecule has 0 aliphatic carbocycles. The summed E-state index contributed by atoms with van der Waals surface area (Å²) >= 11 is 3.46. The normalized spacial score (nSPS) is 9.32. The van der Waals surface area contributed by atoms with Crippen molar-refractivity contribution in [2.75, 3.05) is 0 Å². The summed E-state index contributed by atoms with van der Waals surface area (Å²) in [4.78, 5) is 16.2. The first-order chi connectivity index (χ1) is 9.13. The Morgan fingerprint density at radius 3 is 2.74 bits per heavy atom. The van der Waals surface area contributed by atoms with Crippen molar-refractivity contribution >= 4 is 33.0 Å². The summed E-state index contributed by atoms with van der Waals surface area (Å²) in [7, 11) is 0. The van der Waals surface area contributed by atoms with E-state index < -0.39 is 0 Å². The van der Waals surface area contributed by atoms with Crippen molar-refractivity contribution < 1.29 is 9.59 Å². The third kappa shape index (κ3) is 4.02. The van der Waals surface area contributed by atoms with Gasteiger partial charge in [0, 0.05) is 22.8 Å². The number of hydrogen-bond acceptors (Lipinski definition) is 4. The van der Waals surface area contributed by atoms with Crippen LogP contribution in [0.1, 0.15) is 18.5 Å². The van der Waals surface area contributed by atoms with Crippen LogP contribution in [0.25, 0.3) is 10.9 Å². The van der Waals surface area contributed by atoms with Crippen LogP contribution in [0.3, 0.4) is 0 Å². The van der Waals surface area contributed by atoms with E-state index in [1.54, 1.807) is 0 Å². The van der Waals surface area contributed by atoms with Crippen LogP contribution in [0, 0.1) is 18.3 Å². The third-order valence-corrected chi connectivity index (χ3v) is 3.05. The number of nitriles is 1. The van der Waals surface area contributed by atoms with Crippen molar-refractivity contribution in [3.8, 4) is 6.07 Å². The average Bonchev–Trinajstić information content (AvgIpc) is 2.67. The van der Waals surface area contributed by atoms with Crippen LogP contribution in [0.5, 0.6) is 0 Å². The molecule has 0 atom stereocenters. The Balaban J connectivity index is 0.000000550. The van der Waals surface area contributed by atoms with Gasteiger partial charge in [0.1, 0.15) is 0 Å². The molecule has 0 saturated heterocycles. The summed E-state index contributed by atoms with van der Waals surface area (Å²) in [5.41, 5.74) is 2.17. The summed E-state index contributed by atoms with van der Waals surface area (Å²) in [6.45, 7) is 2.81. The van der Waals surface area contributed by atoms with E-state index in [2.05, 4.69) is 39.2 Å². The largest absolute Gasteiger partial charge is 0.373 e.